The zero-order valence-corrected chi connectivity index (χ0v) is 9.73. The van der Waals surface area contributed by atoms with Gasteiger partial charge in [0.25, 0.3) is 0 Å². The number of hydrogen-bond acceptors (Lipinski definition) is 3. The zero-order valence-electron chi connectivity index (χ0n) is 9.73. The van der Waals surface area contributed by atoms with Crippen LogP contribution in [0, 0.1) is 11.8 Å². The summed E-state index contributed by atoms with van der Waals surface area (Å²) in [5.41, 5.74) is 0. The Morgan fingerprint density at radius 2 is 2.12 bits per heavy atom. The molecule has 0 heterocycles. The van der Waals surface area contributed by atoms with Crippen LogP contribution in [0.5, 0.6) is 0 Å². The molecule has 0 saturated heterocycles. The van der Waals surface area contributed by atoms with Gasteiger partial charge in [-0.3, -0.25) is 4.79 Å². The van der Waals surface area contributed by atoms with Gasteiger partial charge in [-0.15, -0.1) is 0 Å². The van der Waals surface area contributed by atoms with Gasteiger partial charge >= 0.3 is 12.1 Å². The molecule has 0 aliphatic carbocycles. The van der Waals surface area contributed by atoms with E-state index in [1.54, 1.807) is 0 Å². The molecule has 0 aromatic rings. The van der Waals surface area contributed by atoms with Crippen LogP contribution in [0.25, 0.3) is 0 Å². The lowest BCUT2D eigenvalue weighted by Crippen LogP contribution is -2.33. The van der Waals surface area contributed by atoms with E-state index in [-0.39, 0.29) is 24.9 Å². The van der Waals surface area contributed by atoms with Crippen molar-refractivity contribution in [2.24, 2.45) is 11.8 Å². The highest BCUT2D eigenvalue weighted by Gasteiger charge is 2.18. The molecule has 5 nitrogen and oxygen atoms in total. The molecule has 0 spiro atoms. The van der Waals surface area contributed by atoms with E-state index in [2.05, 4.69) is 11.9 Å². The zero-order chi connectivity index (χ0) is 12.6. The van der Waals surface area contributed by atoms with E-state index >= 15 is 0 Å². The second-order valence-corrected chi connectivity index (χ2v) is 3.87. The summed E-state index contributed by atoms with van der Waals surface area (Å²) in [5.74, 6) is -0.760. The molecule has 0 rings (SSSR count). The van der Waals surface area contributed by atoms with Crippen molar-refractivity contribution in [1.29, 1.82) is 0 Å². The lowest BCUT2D eigenvalue weighted by Gasteiger charge is -2.18. The number of hydrogen-bond donors (Lipinski definition) is 2. The van der Waals surface area contributed by atoms with Gasteiger partial charge in [0.1, 0.15) is 6.61 Å². The average Bonchev–Trinajstić information content (AvgIpc) is 2.20. The number of carbonyl (C=O) groups excluding carboxylic acids is 1. The molecule has 92 valence electrons. The van der Waals surface area contributed by atoms with Crippen molar-refractivity contribution < 1.29 is 19.4 Å². The Kier molecular flexibility index (Phi) is 7.00. The van der Waals surface area contributed by atoms with Gasteiger partial charge in [-0.25, -0.2) is 4.79 Å². The van der Waals surface area contributed by atoms with Gasteiger partial charge in [0, 0.05) is 6.54 Å². The van der Waals surface area contributed by atoms with Gasteiger partial charge in [0.05, 0.1) is 6.42 Å². The molecule has 5 heteroatoms. The van der Waals surface area contributed by atoms with Crippen LogP contribution in [-0.2, 0) is 9.53 Å². The monoisotopic (exact) mass is 229 g/mol. The van der Waals surface area contributed by atoms with Crippen LogP contribution >= 0.6 is 0 Å². The minimum absolute atomic E-state index is 0.0411. The van der Waals surface area contributed by atoms with Crippen LogP contribution in [0.4, 0.5) is 4.79 Å². The summed E-state index contributed by atoms with van der Waals surface area (Å²) >= 11 is 0. The molecular weight excluding hydrogens is 210 g/mol. The molecule has 0 bridgehead atoms. The summed E-state index contributed by atoms with van der Waals surface area (Å²) in [7, 11) is 0. The highest BCUT2D eigenvalue weighted by molar-refractivity contribution is 5.68. The van der Waals surface area contributed by atoms with Crippen molar-refractivity contribution in [1.82, 2.24) is 5.32 Å². The minimum atomic E-state index is -0.861. The number of alkyl carbamates (subject to hydrolysis) is 1. The summed E-state index contributed by atoms with van der Waals surface area (Å²) in [4.78, 5) is 21.7. The van der Waals surface area contributed by atoms with Crippen molar-refractivity contribution in [3.63, 3.8) is 0 Å². The Morgan fingerprint density at radius 1 is 1.50 bits per heavy atom. The smallest absolute Gasteiger partial charge is 0.407 e. The molecule has 0 aliphatic rings. The van der Waals surface area contributed by atoms with Gasteiger partial charge in [-0.2, -0.15) is 0 Å². The summed E-state index contributed by atoms with van der Waals surface area (Å²) in [6, 6.07) is 0. The lowest BCUT2D eigenvalue weighted by molar-refractivity contribution is -0.138. The highest BCUT2D eigenvalue weighted by atomic mass is 16.5. The van der Waals surface area contributed by atoms with E-state index in [1.807, 2.05) is 13.8 Å². The van der Waals surface area contributed by atoms with E-state index in [1.165, 1.54) is 6.08 Å². The predicted octanol–water partition coefficient (Wildman–Crippen LogP) is 1.65. The minimum Gasteiger partial charge on any atom is -0.481 e. The van der Waals surface area contributed by atoms with E-state index < -0.39 is 12.1 Å². The lowest BCUT2D eigenvalue weighted by atomic mass is 9.92. The maximum absolute atomic E-state index is 11.1. The molecule has 0 aromatic heterocycles. The van der Waals surface area contributed by atoms with Gasteiger partial charge in [-0.05, 0) is 11.8 Å². The number of carbonyl (C=O) groups is 2. The first kappa shape index (κ1) is 14.5. The molecule has 1 atom stereocenters. The predicted molar refractivity (Wildman–Crippen MR) is 60.1 cm³/mol. The summed E-state index contributed by atoms with van der Waals surface area (Å²) in [5, 5.41) is 11.2. The number of aliphatic carboxylic acids is 1. The quantitative estimate of drug-likeness (QED) is 0.651. The highest BCUT2D eigenvalue weighted by Crippen LogP contribution is 2.14. The third kappa shape index (κ3) is 6.86. The van der Waals surface area contributed by atoms with Crippen LogP contribution in [0.1, 0.15) is 20.3 Å². The Morgan fingerprint density at radius 3 is 2.56 bits per heavy atom. The standard InChI is InChI=1S/C11H19NO4/c1-4-5-16-11(15)12-7-9(8(2)3)6-10(13)14/h4,8-9H,1,5-7H2,2-3H3,(H,12,15)(H,13,14). The molecule has 0 aromatic carbocycles. The molecule has 0 saturated carbocycles. The van der Waals surface area contributed by atoms with Gasteiger partial charge in [0.2, 0.25) is 0 Å². The SMILES string of the molecule is C=CCOC(=O)NCC(CC(=O)O)C(C)C. The molecule has 0 fully saturated rings. The fourth-order valence-corrected chi connectivity index (χ4v) is 1.17. The summed E-state index contributed by atoms with van der Waals surface area (Å²) in [6.45, 7) is 7.71. The maximum atomic E-state index is 11.1. The first-order valence-electron chi connectivity index (χ1n) is 5.20. The Labute approximate surface area is 95.5 Å². The van der Waals surface area contributed by atoms with Crippen molar-refractivity contribution in [3.8, 4) is 0 Å². The largest absolute Gasteiger partial charge is 0.481 e. The topological polar surface area (TPSA) is 75.6 Å². The molecule has 0 radical (unpaired) electrons. The van der Waals surface area contributed by atoms with Gasteiger partial charge < -0.3 is 15.2 Å². The molecule has 1 amide bonds. The van der Waals surface area contributed by atoms with Crippen LogP contribution in [0.15, 0.2) is 12.7 Å². The number of rotatable bonds is 7. The van der Waals surface area contributed by atoms with Crippen LogP contribution in [-0.4, -0.2) is 30.3 Å². The van der Waals surface area contributed by atoms with E-state index in [4.69, 9.17) is 9.84 Å². The van der Waals surface area contributed by atoms with Crippen LogP contribution in [0.2, 0.25) is 0 Å². The Hall–Kier alpha value is -1.52. The summed E-state index contributed by atoms with van der Waals surface area (Å²) < 4.78 is 4.71. The van der Waals surface area contributed by atoms with Crippen molar-refractivity contribution in [3.05, 3.63) is 12.7 Å². The number of carboxylic acids is 1. The normalized spacial score (nSPS) is 11.9. The van der Waals surface area contributed by atoms with Crippen molar-refractivity contribution in [2.45, 2.75) is 20.3 Å². The Bertz CT molecular complexity index is 250. The Balaban J connectivity index is 3.96. The van der Waals surface area contributed by atoms with Gasteiger partial charge in [-0.1, -0.05) is 26.5 Å². The third-order valence-corrected chi connectivity index (χ3v) is 2.22. The van der Waals surface area contributed by atoms with E-state index in [0.29, 0.717) is 6.54 Å². The van der Waals surface area contributed by atoms with Gasteiger partial charge in [0.15, 0.2) is 0 Å². The third-order valence-electron chi connectivity index (χ3n) is 2.22. The number of carboxylic acid groups (broad SMARTS) is 1. The number of ether oxygens (including phenoxy) is 1. The van der Waals surface area contributed by atoms with E-state index in [0.717, 1.165) is 0 Å². The van der Waals surface area contributed by atoms with Crippen LogP contribution < -0.4 is 5.32 Å². The number of nitrogens with one attached hydrogen (secondary N) is 1. The number of amides is 1. The summed E-state index contributed by atoms with van der Waals surface area (Å²) in [6.07, 6.45) is 0.965. The molecule has 0 aliphatic heterocycles. The van der Waals surface area contributed by atoms with Crippen molar-refractivity contribution >= 4 is 12.1 Å². The van der Waals surface area contributed by atoms with Crippen LogP contribution in [0.3, 0.4) is 0 Å². The fourth-order valence-electron chi connectivity index (χ4n) is 1.17. The first-order valence-corrected chi connectivity index (χ1v) is 5.20. The second kappa shape index (κ2) is 7.73. The molecule has 2 N–H and O–H groups in total. The van der Waals surface area contributed by atoms with Crippen molar-refractivity contribution in [2.75, 3.05) is 13.2 Å². The molecule has 1 unspecified atom stereocenters. The van der Waals surface area contributed by atoms with E-state index in [9.17, 15) is 9.59 Å². The average molecular weight is 229 g/mol. The second-order valence-electron chi connectivity index (χ2n) is 3.87. The first-order chi connectivity index (χ1) is 7.47. The molecular formula is C11H19NO4. The maximum Gasteiger partial charge on any atom is 0.407 e. The molecule has 16 heavy (non-hydrogen) atoms. The fraction of sp³-hybridized carbons (Fsp3) is 0.636.